The van der Waals surface area contributed by atoms with Crippen LogP contribution in [0, 0.1) is 0 Å². The summed E-state index contributed by atoms with van der Waals surface area (Å²) < 4.78 is 12.4. The molecular formula is C20H14BrN3O3S. The number of carbonyl (C=O) groups excluding carboxylic acids is 1. The zero-order chi connectivity index (χ0) is 19.5. The second kappa shape index (κ2) is 7.95. The van der Waals surface area contributed by atoms with Crippen LogP contribution in [0.25, 0.3) is 10.2 Å². The molecule has 4 aromatic rings. The van der Waals surface area contributed by atoms with Crippen LogP contribution in [0.5, 0.6) is 5.75 Å². The van der Waals surface area contributed by atoms with Crippen LogP contribution in [0.2, 0.25) is 0 Å². The van der Waals surface area contributed by atoms with Gasteiger partial charge in [-0.3, -0.25) is 4.79 Å². The molecule has 0 aliphatic heterocycles. The summed E-state index contributed by atoms with van der Waals surface area (Å²) in [7, 11) is 1.56. The molecule has 0 radical (unpaired) electrons. The zero-order valence-electron chi connectivity index (χ0n) is 14.7. The first kappa shape index (κ1) is 18.4. The number of halogens is 1. The van der Waals surface area contributed by atoms with Crippen molar-refractivity contribution in [2.75, 3.05) is 12.1 Å². The predicted octanol–water partition coefficient (Wildman–Crippen LogP) is 5.34. The van der Waals surface area contributed by atoms with Crippen LogP contribution in [-0.2, 0) is 0 Å². The third-order valence-electron chi connectivity index (χ3n) is 3.87. The molecule has 2 aromatic carbocycles. The van der Waals surface area contributed by atoms with Gasteiger partial charge in [-0.25, -0.2) is 4.98 Å². The maximum atomic E-state index is 13.2. The molecule has 0 saturated carbocycles. The first-order valence-corrected chi connectivity index (χ1v) is 9.87. The number of hydrazone groups is 1. The SMILES string of the molecule is COc1cccc(C(=O)N(/N=C/c2ccco2)c2nc3ccc(Br)cc3s2)c1. The molecule has 0 aliphatic rings. The number of thiazole rings is 1. The lowest BCUT2D eigenvalue weighted by Gasteiger charge is -2.14. The van der Waals surface area contributed by atoms with Crippen molar-refractivity contribution in [2.45, 2.75) is 0 Å². The Morgan fingerprint density at radius 2 is 2.14 bits per heavy atom. The molecule has 0 atom stereocenters. The van der Waals surface area contributed by atoms with E-state index in [2.05, 4.69) is 26.0 Å². The fraction of sp³-hybridized carbons (Fsp3) is 0.0500. The van der Waals surface area contributed by atoms with E-state index in [-0.39, 0.29) is 5.91 Å². The van der Waals surface area contributed by atoms with Gasteiger partial charge in [0.15, 0.2) is 0 Å². The third-order valence-corrected chi connectivity index (χ3v) is 5.36. The van der Waals surface area contributed by atoms with Crippen LogP contribution in [0.3, 0.4) is 0 Å². The minimum Gasteiger partial charge on any atom is -0.497 e. The summed E-state index contributed by atoms with van der Waals surface area (Å²) >= 11 is 4.84. The normalized spacial score (nSPS) is 11.2. The van der Waals surface area contributed by atoms with Crippen molar-refractivity contribution >= 4 is 54.7 Å². The minimum absolute atomic E-state index is 0.320. The molecule has 0 fully saturated rings. The van der Waals surface area contributed by atoms with Gasteiger partial charge >= 0.3 is 0 Å². The lowest BCUT2D eigenvalue weighted by atomic mass is 10.2. The average Bonchev–Trinajstić information content (AvgIpc) is 3.37. The van der Waals surface area contributed by atoms with E-state index in [1.807, 2.05) is 18.2 Å². The highest BCUT2D eigenvalue weighted by molar-refractivity contribution is 9.10. The molecule has 8 heteroatoms. The number of ether oxygens (including phenoxy) is 1. The summed E-state index contributed by atoms with van der Waals surface area (Å²) in [5.41, 5.74) is 1.23. The fourth-order valence-corrected chi connectivity index (χ4v) is 4.00. The molecule has 0 unspecified atom stereocenters. The number of hydrogen-bond acceptors (Lipinski definition) is 6. The van der Waals surface area contributed by atoms with E-state index < -0.39 is 0 Å². The highest BCUT2D eigenvalue weighted by atomic mass is 79.9. The standard InChI is InChI=1S/C20H14BrN3O3S/c1-26-15-5-2-4-13(10-15)19(25)24(22-12-16-6-3-9-27-16)20-23-17-8-7-14(21)11-18(17)28-20/h2-12H,1H3/b22-12+. The Hall–Kier alpha value is -2.97. The molecule has 0 N–H and O–H groups in total. The molecule has 4 rings (SSSR count). The Bertz CT molecular complexity index is 1150. The van der Waals surface area contributed by atoms with Gasteiger partial charge in [-0.1, -0.05) is 33.3 Å². The van der Waals surface area contributed by atoms with Crippen LogP contribution in [0.15, 0.2) is 74.9 Å². The molecule has 0 bridgehead atoms. The number of amides is 1. The molecule has 2 aromatic heterocycles. The van der Waals surface area contributed by atoms with E-state index in [1.54, 1.807) is 49.8 Å². The highest BCUT2D eigenvalue weighted by Crippen LogP contribution is 2.32. The van der Waals surface area contributed by atoms with Crippen LogP contribution in [0.1, 0.15) is 16.1 Å². The lowest BCUT2D eigenvalue weighted by molar-refractivity contribution is 0.0987. The Morgan fingerprint density at radius 3 is 2.93 bits per heavy atom. The largest absolute Gasteiger partial charge is 0.497 e. The van der Waals surface area contributed by atoms with Gasteiger partial charge in [0.2, 0.25) is 5.13 Å². The molecule has 1 amide bonds. The van der Waals surface area contributed by atoms with Crippen molar-refractivity contribution in [3.8, 4) is 5.75 Å². The van der Waals surface area contributed by atoms with Crippen molar-refractivity contribution in [2.24, 2.45) is 5.10 Å². The van der Waals surface area contributed by atoms with Crippen molar-refractivity contribution in [3.05, 3.63) is 76.7 Å². The van der Waals surface area contributed by atoms with Crippen LogP contribution in [-0.4, -0.2) is 24.2 Å². The van der Waals surface area contributed by atoms with Crippen LogP contribution in [0.4, 0.5) is 5.13 Å². The van der Waals surface area contributed by atoms with Gasteiger partial charge in [-0.2, -0.15) is 10.1 Å². The molecule has 2 heterocycles. The second-order valence-corrected chi connectivity index (χ2v) is 7.64. The molecule has 0 saturated heterocycles. The average molecular weight is 456 g/mol. The third kappa shape index (κ3) is 3.83. The number of furan rings is 1. The van der Waals surface area contributed by atoms with Crippen LogP contribution < -0.4 is 9.75 Å². The monoisotopic (exact) mass is 455 g/mol. The Balaban J connectivity index is 1.76. The van der Waals surface area contributed by atoms with Gasteiger partial charge in [0.05, 0.1) is 29.8 Å². The smallest absolute Gasteiger partial charge is 0.280 e. The predicted molar refractivity (Wildman–Crippen MR) is 113 cm³/mol. The quantitative estimate of drug-likeness (QED) is 0.300. The zero-order valence-corrected chi connectivity index (χ0v) is 17.1. The van der Waals surface area contributed by atoms with Gasteiger partial charge in [0.1, 0.15) is 11.5 Å². The fourth-order valence-electron chi connectivity index (χ4n) is 2.52. The van der Waals surface area contributed by atoms with E-state index in [1.165, 1.54) is 22.6 Å². The summed E-state index contributed by atoms with van der Waals surface area (Å²) in [4.78, 5) is 17.8. The topological polar surface area (TPSA) is 67.9 Å². The summed E-state index contributed by atoms with van der Waals surface area (Å²) in [5.74, 6) is 0.807. The van der Waals surface area contributed by atoms with E-state index in [0.29, 0.717) is 22.2 Å². The highest BCUT2D eigenvalue weighted by Gasteiger charge is 2.21. The number of fused-ring (bicyclic) bond motifs is 1. The molecule has 28 heavy (non-hydrogen) atoms. The van der Waals surface area contributed by atoms with Gasteiger partial charge in [-0.05, 0) is 48.5 Å². The minimum atomic E-state index is -0.320. The summed E-state index contributed by atoms with van der Waals surface area (Å²) in [5, 5.41) is 6.08. The molecule has 0 aliphatic carbocycles. The van der Waals surface area contributed by atoms with E-state index in [9.17, 15) is 4.79 Å². The maximum Gasteiger partial charge on any atom is 0.280 e. The van der Waals surface area contributed by atoms with Gasteiger partial charge in [-0.15, -0.1) is 0 Å². The summed E-state index contributed by atoms with van der Waals surface area (Å²) in [6, 6.07) is 16.2. The molecule has 0 spiro atoms. The van der Waals surface area contributed by atoms with Gasteiger partial charge in [0.25, 0.3) is 5.91 Å². The van der Waals surface area contributed by atoms with Crippen molar-refractivity contribution < 1.29 is 13.9 Å². The lowest BCUT2D eigenvalue weighted by Crippen LogP contribution is -2.25. The first-order valence-electron chi connectivity index (χ1n) is 8.26. The number of rotatable bonds is 5. The van der Waals surface area contributed by atoms with E-state index in [4.69, 9.17) is 9.15 Å². The van der Waals surface area contributed by atoms with E-state index >= 15 is 0 Å². The Morgan fingerprint density at radius 1 is 1.25 bits per heavy atom. The van der Waals surface area contributed by atoms with Crippen molar-refractivity contribution in [1.29, 1.82) is 0 Å². The van der Waals surface area contributed by atoms with Crippen LogP contribution >= 0.6 is 27.3 Å². The number of aromatic nitrogens is 1. The van der Waals surface area contributed by atoms with Gasteiger partial charge < -0.3 is 9.15 Å². The summed E-state index contributed by atoms with van der Waals surface area (Å²) in [6.45, 7) is 0. The van der Waals surface area contributed by atoms with Crippen molar-refractivity contribution in [1.82, 2.24) is 4.98 Å². The first-order chi connectivity index (χ1) is 13.6. The Labute approximate surface area is 173 Å². The number of carbonyl (C=O) groups is 1. The summed E-state index contributed by atoms with van der Waals surface area (Å²) in [6.07, 6.45) is 3.03. The molecule has 140 valence electrons. The van der Waals surface area contributed by atoms with Crippen molar-refractivity contribution in [3.63, 3.8) is 0 Å². The molecular weight excluding hydrogens is 442 g/mol. The number of methoxy groups -OCH3 is 1. The maximum absolute atomic E-state index is 13.2. The van der Waals surface area contributed by atoms with E-state index in [0.717, 1.165) is 14.7 Å². The number of benzene rings is 2. The van der Waals surface area contributed by atoms with Gasteiger partial charge in [0, 0.05) is 10.0 Å². The number of anilines is 1. The number of hydrogen-bond donors (Lipinski definition) is 0. The molecule has 6 nitrogen and oxygen atoms in total. The second-order valence-electron chi connectivity index (χ2n) is 5.72. The Kier molecular flexibility index (Phi) is 5.23. The number of nitrogens with zero attached hydrogens (tertiary/aromatic N) is 3.